The average molecular weight is 274 g/mol. The predicted octanol–water partition coefficient (Wildman–Crippen LogP) is 5.07. The van der Waals surface area contributed by atoms with Crippen molar-refractivity contribution in [3.05, 3.63) is 47.1 Å². The van der Waals surface area contributed by atoms with Crippen molar-refractivity contribution >= 4 is 0 Å². The zero-order valence-corrected chi connectivity index (χ0v) is 9.38. The molecule has 1 aromatic carbocycles. The Morgan fingerprint density at radius 3 is 1.67 bits per heavy atom. The second-order valence-electron chi connectivity index (χ2n) is 3.30. The summed E-state index contributed by atoms with van der Waals surface area (Å²) in [5.74, 6) is -3.49. The van der Waals surface area contributed by atoms with Gasteiger partial charge in [-0.05, 0) is 37.1 Å². The van der Waals surface area contributed by atoms with Gasteiger partial charge in [0, 0.05) is 0 Å². The molecule has 0 aliphatic heterocycles. The number of hydrogen-bond donors (Lipinski definition) is 0. The lowest BCUT2D eigenvalue weighted by atomic mass is 10.1. The molecule has 18 heavy (non-hydrogen) atoms. The van der Waals surface area contributed by atoms with E-state index < -0.39 is 18.1 Å². The number of hydrogen-bond acceptors (Lipinski definition) is 0. The summed E-state index contributed by atoms with van der Waals surface area (Å²) in [7, 11) is 0. The Bertz CT molecular complexity index is 428. The van der Waals surface area contributed by atoms with Gasteiger partial charge in [-0.2, -0.15) is 26.3 Å². The fourth-order valence-corrected chi connectivity index (χ4v) is 0.812. The first-order valence-electron chi connectivity index (χ1n) is 4.56. The lowest BCUT2D eigenvalue weighted by molar-refractivity contribution is -0.113. The van der Waals surface area contributed by atoms with Gasteiger partial charge in [-0.15, -0.1) is 0 Å². The molecule has 0 bridgehead atoms. The molecule has 102 valence electrons. The largest absolute Gasteiger partial charge is 0.448 e. The van der Waals surface area contributed by atoms with Gasteiger partial charge in [0.25, 0.3) is 5.83 Å². The Labute approximate surface area is 98.7 Å². The van der Waals surface area contributed by atoms with Gasteiger partial charge >= 0.3 is 12.3 Å². The first-order valence-corrected chi connectivity index (χ1v) is 4.56. The number of aryl methyl sites for hydroxylation is 2. The first-order chi connectivity index (χ1) is 8.05. The van der Waals surface area contributed by atoms with Crippen LogP contribution in [0, 0.1) is 19.7 Å². The van der Waals surface area contributed by atoms with E-state index in [0.717, 1.165) is 11.1 Å². The van der Waals surface area contributed by atoms with Gasteiger partial charge in [0.05, 0.1) is 0 Å². The molecule has 0 unspecified atom stereocenters. The minimum atomic E-state index is -5.56. The molecule has 0 aliphatic rings. The summed E-state index contributed by atoms with van der Waals surface area (Å²) in [6, 6.07) is 4.79. The summed E-state index contributed by atoms with van der Waals surface area (Å²) in [5.41, 5.74) is 2.14. The predicted molar refractivity (Wildman–Crippen MR) is 52.3 cm³/mol. The number of rotatable bonds is 0. The fraction of sp³-hybridized carbons (Fsp3) is 0.273. The lowest BCUT2D eigenvalue weighted by Gasteiger charge is -1.98. The summed E-state index contributed by atoms with van der Waals surface area (Å²) in [5, 5.41) is 0. The molecule has 0 aromatic heterocycles. The van der Waals surface area contributed by atoms with Crippen molar-refractivity contribution in [2.45, 2.75) is 20.0 Å². The number of alkyl halides is 3. The normalized spacial score (nSPS) is 10.5. The molecule has 0 saturated heterocycles. The maximum Gasteiger partial charge on any atom is 0.448 e. The van der Waals surface area contributed by atoms with E-state index in [1.165, 1.54) is 12.1 Å². The molecular weight excluding hydrogens is 265 g/mol. The highest BCUT2D eigenvalue weighted by atomic mass is 19.4. The topological polar surface area (TPSA) is 0 Å². The monoisotopic (exact) mass is 274 g/mol. The Morgan fingerprint density at radius 2 is 1.44 bits per heavy atom. The van der Waals surface area contributed by atoms with Crippen molar-refractivity contribution in [1.82, 2.24) is 0 Å². The van der Waals surface area contributed by atoms with Gasteiger partial charge in [-0.3, -0.25) is 0 Å². The lowest BCUT2D eigenvalue weighted by Crippen LogP contribution is -2.08. The molecule has 1 aromatic rings. The van der Waals surface area contributed by atoms with Crippen molar-refractivity contribution in [2.75, 3.05) is 0 Å². The third-order valence-electron chi connectivity index (χ3n) is 1.88. The SMILES string of the molecule is Cc1ccc(F)cc1C.FC(F)=C(F)C(F)(F)F. The number of halogens is 7. The minimum Gasteiger partial charge on any atom is -0.207 e. The number of benzene rings is 1. The summed E-state index contributed by atoms with van der Waals surface area (Å²) < 4.78 is 77.2. The van der Waals surface area contributed by atoms with E-state index in [-0.39, 0.29) is 5.82 Å². The molecule has 0 saturated carbocycles. The fourth-order valence-electron chi connectivity index (χ4n) is 0.812. The Balaban J connectivity index is 0.000000321. The molecule has 0 heterocycles. The van der Waals surface area contributed by atoms with E-state index in [1.807, 2.05) is 13.8 Å². The number of allylic oxidation sites excluding steroid dienone is 1. The second-order valence-corrected chi connectivity index (χ2v) is 3.30. The molecule has 0 N–H and O–H groups in total. The van der Waals surface area contributed by atoms with E-state index in [1.54, 1.807) is 6.07 Å². The third-order valence-corrected chi connectivity index (χ3v) is 1.88. The van der Waals surface area contributed by atoms with Crippen LogP contribution in [0.5, 0.6) is 0 Å². The van der Waals surface area contributed by atoms with E-state index in [2.05, 4.69) is 0 Å². The average Bonchev–Trinajstić information content (AvgIpc) is 2.22. The molecule has 0 aliphatic carbocycles. The van der Waals surface area contributed by atoms with Gasteiger partial charge in [0.1, 0.15) is 5.82 Å². The van der Waals surface area contributed by atoms with Crippen LogP contribution < -0.4 is 0 Å². The first kappa shape index (κ1) is 16.5. The van der Waals surface area contributed by atoms with Crippen LogP contribution in [0.1, 0.15) is 11.1 Å². The molecule has 0 fully saturated rings. The maximum atomic E-state index is 12.3. The summed E-state index contributed by atoms with van der Waals surface area (Å²) in [6.07, 6.45) is -8.90. The second kappa shape index (κ2) is 6.42. The van der Waals surface area contributed by atoms with Gasteiger partial charge in [0.2, 0.25) is 0 Å². The van der Waals surface area contributed by atoms with E-state index >= 15 is 0 Å². The van der Waals surface area contributed by atoms with Crippen molar-refractivity contribution in [1.29, 1.82) is 0 Å². The van der Waals surface area contributed by atoms with Crippen LogP contribution in [0.4, 0.5) is 30.7 Å². The van der Waals surface area contributed by atoms with Crippen LogP contribution in [0.25, 0.3) is 0 Å². The van der Waals surface area contributed by atoms with Crippen molar-refractivity contribution in [3.8, 4) is 0 Å². The molecule has 1 rings (SSSR count). The van der Waals surface area contributed by atoms with Crippen LogP contribution in [-0.4, -0.2) is 6.18 Å². The Kier molecular flexibility index (Phi) is 5.87. The summed E-state index contributed by atoms with van der Waals surface area (Å²) in [4.78, 5) is 0. The molecule has 0 spiro atoms. The van der Waals surface area contributed by atoms with Gasteiger partial charge in [-0.25, -0.2) is 4.39 Å². The standard InChI is InChI=1S/C8H9F.C3F6/c1-6-3-4-8(9)5-7(6)2;4-1(2(5)6)3(7,8)9/h3-5H,1-2H3;. The molecule has 0 nitrogen and oxygen atoms in total. The van der Waals surface area contributed by atoms with Crippen LogP contribution in [0.2, 0.25) is 0 Å². The smallest absolute Gasteiger partial charge is 0.207 e. The zero-order valence-electron chi connectivity index (χ0n) is 9.38. The highest BCUT2D eigenvalue weighted by Crippen LogP contribution is 2.29. The van der Waals surface area contributed by atoms with Crippen LogP contribution in [0.3, 0.4) is 0 Å². The maximum absolute atomic E-state index is 12.3. The van der Waals surface area contributed by atoms with Crippen molar-refractivity contribution in [3.63, 3.8) is 0 Å². The van der Waals surface area contributed by atoms with E-state index in [0.29, 0.717) is 0 Å². The minimum absolute atomic E-state index is 0.155. The van der Waals surface area contributed by atoms with E-state index in [9.17, 15) is 30.7 Å². The van der Waals surface area contributed by atoms with Crippen molar-refractivity contribution in [2.24, 2.45) is 0 Å². The quantitative estimate of drug-likeness (QED) is 0.579. The molecule has 7 heteroatoms. The van der Waals surface area contributed by atoms with Crippen molar-refractivity contribution < 1.29 is 30.7 Å². The molecule has 0 amide bonds. The highest BCUT2D eigenvalue weighted by molar-refractivity contribution is 5.24. The van der Waals surface area contributed by atoms with E-state index in [4.69, 9.17) is 0 Å². The van der Waals surface area contributed by atoms with Crippen LogP contribution >= 0.6 is 0 Å². The van der Waals surface area contributed by atoms with Gasteiger partial charge in [-0.1, -0.05) is 6.07 Å². The third kappa shape index (κ3) is 5.70. The summed E-state index contributed by atoms with van der Waals surface area (Å²) >= 11 is 0. The molecule has 0 radical (unpaired) electrons. The molecule has 0 atom stereocenters. The highest BCUT2D eigenvalue weighted by Gasteiger charge is 2.38. The summed E-state index contributed by atoms with van der Waals surface area (Å²) in [6.45, 7) is 3.87. The molecular formula is C11H9F7. The van der Waals surface area contributed by atoms with Gasteiger partial charge in [0.15, 0.2) is 0 Å². The Hall–Kier alpha value is -1.53. The van der Waals surface area contributed by atoms with Crippen LogP contribution in [0.15, 0.2) is 30.1 Å². The zero-order chi connectivity index (χ0) is 14.5. The Morgan fingerprint density at radius 1 is 0.944 bits per heavy atom. The van der Waals surface area contributed by atoms with Crippen LogP contribution in [-0.2, 0) is 0 Å². The van der Waals surface area contributed by atoms with Gasteiger partial charge < -0.3 is 0 Å².